The van der Waals surface area contributed by atoms with Crippen molar-refractivity contribution in [2.24, 2.45) is 0 Å². The molecule has 220 valence electrons. The Bertz CT molecular complexity index is 2690. The van der Waals surface area contributed by atoms with Gasteiger partial charge in [0.05, 0.1) is 16.8 Å². The quantitative estimate of drug-likeness (QED) is 0.183. The van der Waals surface area contributed by atoms with Crippen molar-refractivity contribution in [2.45, 2.75) is 0 Å². The van der Waals surface area contributed by atoms with Crippen LogP contribution in [0.5, 0.6) is 0 Å². The first-order chi connectivity index (χ1) is 23.3. The molecule has 10 aromatic rings. The number of benzene rings is 8. The maximum absolute atomic E-state index is 6.39. The Balaban J connectivity index is 1.24. The molecule has 10 rings (SSSR count). The maximum atomic E-state index is 6.39. The first-order valence-corrected chi connectivity index (χ1v) is 16.7. The molecule has 2 heterocycles. The van der Waals surface area contributed by atoms with Crippen molar-refractivity contribution in [1.29, 1.82) is 0 Å². The zero-order valence-electron chi connectivity index (χ0n) is 25.4. The van der Waals surface area contributed by atoms with Gasteiger partial charge in [0, 0.05) is 31.2 Å². The van der Waals surface area contributed by atoms with Crippen molar-refractivity contribution in [3.8, 4) is 11.1 Å². The number of nitrogens with zero attached hydrogens (tertiary/aromatic N) is 1. The molecule has 0 saturated carbocycles. The van der Waals surface area contributed by atoms with Crippen LogP contribution in [0.1, 0.15) is 0 Å². The number of furan rings is 1. The highest BCUT2D eigenvalue weighted by molar-refractivity contribution is 7.26. The highest BCUT2D eigenvalue weighted by atomic mass is 32.1. The van der Waals surface area contributed by atoms with E-state index in [-0.39, 0.29) is 0 Å². The zero-order valence-corrected chi connectivity index (χ0v) is 26.2. The summed E-state index contributed by atoms with van der Waals surface area (Å²) in [4.78, 5) is 2.44. The van der Waals surface area contributed by atoms with Crippen molar-refractivity contribution < 1.29 is 4.42 Å². The third kappa shape index (κ3) is 4.10. The van der Waals surface area contributed by atoms with Crippen molar-refractivity contribution in [3.05, 3.63) is 164 Å². The summed E-state index contributed by atoms with van der Waals surface area (Å²) < 4.78 is 8.96. The van der Waals surface area contributed by atoms with E-state index in [0.717, 1.165) is 39.0 Å². The van der Waals surface area contributed by atoms with E-state index in [1.54, 1.807) is 0 Å². The lowest BCUT2D eigenvalue weighted by Crippen LogP contribution is -2.10. The fourth-order valence-electron chi connectivity index (χ4n) is 7.30. The van der Waals surface area contributed by atoms with E-state index in [4.69, 9.17) is 4.42 Å². The van der Waals surface area contributed by atoms with Crippen LogP contribution in [0.3, 0.4) is 0 Å². The minimum absolute atomic E-state index is 0.886. The van der Waals surface area contributed by atoms with Gasteiger partial charge in [-0.2, -0.15) is 0 Å². The summed E-state index contributed by atoms with van der Waals surface area (Å²) in [6.07, 6.45) is 0. The molecule has 0 spiro atoms. The lowest BCUT2D eigenvalue weighted by molar-refractivity contribution is 0.669. The largest absolute Gasteiger partial charge is 0.456 e. The summed E-state index contributed by atoms with van der Waals surface area (Å²) >= 11 is 1.85. The van der Waals surface area contributed by atoms with E-state index < -0.39 is 0 Å². The standard InChI is InChI=1S/C44H27NOS/c1-2-10-28(11-3-1)29-22-24-33-30(26-29)20-21-31-27-32(23-25-34(31)33)45(37-14-8-17-40-43(37)35-12-4-6-16-39(35)46-40)38-15-9-19-42-44(38)36-13-5-7-18-41(36)47-42/h1-27H. The molecule has 0 fully saturated rings. The van der Waals surface area contributed by atoms with Gasteiger partial charge in [-0.1, -0.05) is 109 Å². The van der Waals surface area contributed by atoms with Crippen LogP contribution in [0.4, 0.5) is 17.1 Å². The second kappa shape index (κ2) is 10.3. The zero-order chi connectivity index (χ0) is 30.9. The topological polar surface area (TPSA) is 16.4 Å². The smallest absolute Gasteiger partial charge is 0.137 e. The minimum Gasteiger partial charge on any atom is -0.456 e. The molecule has 0 saturated heterocycles. The Morgan fingerprint density at radius 3 is 1.94 bits per heavy atom. The first-order valence-electron chi connectivity index (χ1n) is 15.9. The molecule has 47 heavy (non-hydrogen) atoms. The Labute approximate surface area is 275 Å². The summed E-state index contributed by atoms with van der Waals surface area (Å²) in [5.41, 5.74) is 7.62. The van der Waals surface area contributed by atoms with E-state index in [1.165, 1.54) is 52.8 Å². The van der Waals surface area contributed by atoms with Gasteiger partial charge >= 0.3 is 0 Å². The molecular weight excluding hydrogens is 591 g/mol. The van der Waals surface area contributed by atoms with Gasteiger partial charge < -0.3 is 9.32 Å². The molecule has 0 aliphatic carbocycles. The van der Waals surface area contributed by atoms with Crippen LogP contribution in [-0.2, 0) is 0 Å². The average Bonchev–Trinajstić information content (AvgIpc) is 3.71. The minimum atomic E-state index is 0.886. The van der Waals surface area contributed by atoms with Crippen LogP contribution in [0.15, 0.2) is 168 Å². The number of para-hydroxylation sites is 1. The number of hydrogen-bond acceptors (Lipinski definition) is 3. The number of fused-ring (bicyclic) bond motifs is 9. The molecule has 2 aromatic heterocycles. The van der Waals surface area contributed by atoms with Crippen molar-refractivity contribution in [2.75, 3.05) is 4.90 Å². The van der Waals surface area contributed by atoms with Gasteiger partial charge in [0.15, 0.2) is 0 Å². The van der Waals surface area contributed by atoms with Gasteiger partial charge in [-0.15, -0.1) is 11.3 Å². The van der Waals surface area contributed by atoms with E-state index >= 15 is 0 Å². The van der Waals surface area contributed by atoms with Gasteiger partial charge in [-0.3, -0.25) is 0 Å². The van der Waals surface area contributed by atoms with E-state index in [9.17, 15) is 0 Å². The highest BCUT2D eigenvalue weighted by Gasteiger charge is 2.22. The van der Waals surface area contributed by atoms with Crippen LogP contribution in [0.25, 0.3) is 74.8 Å². The molecule has 0 radical (unpaired) electrons. The summed E-state index contributed by atoms with van der Waals surface area (Å²) in [5.74, 6) is 0. The lowest BCUT2D eigenvalue weighted by Gasteiger charge is -2.27. The molecule has 0 bridgehead atoms. The molecule has 0 N–H and O–H groups in total. The van der Waals surface area contributed by atoms with E-state index in [0.29, 0.717) is 0 Å². The molecule has 8 aromatic carbocycles. The highest BCUT2D eigenvalue weighted by Crippen LogP contribution is 2.48. The molecule has 0 aliphatic heterocycles. The number of rotatable bonds is 4. The molecule has 3 heteroatoms. The van der Waals surface area contributed by atoms with Crippen molar-refractivity contribution >= 4 is 92.1 Å². The fraction of sp³-hybridized carbons (Fsp3) is 0. The third-order valence-electron chi connectivity index (χ3n) is 9.43. The normalized spacial score (nSPS) is 11.8. The molecule has 0 atom stereocenters. The summed E-state index contributed by atoms with van der Waals surface area (Å²) in [7, 11) is 0. The molecule has 0 amide bonds. The second-order valence-corrected chi connectivity index (χ2v) is 13.2. The van der Waals surface area contributed by atoms with Gasteiger partial charge in [0.2, 0.25) is 0 Å². The molecule has 2 nitrogen and oxygen atoms in total. The Hall–Kier alpha value is -5.90. The molecular formula is C44H27NOS. The van der Waals surface area contributed by atoms with Gasteiger partial charge in [-0.05, 0) is 87.3 Å². The Kier molecular flexibility index (Phi) is 5.78. The predicted octanol–water partition coefficient (Wildman–Crippen LogP) is 13.4. The monoisotopic (exact) mass is 617 g/mol. The van der Waals surface area contributed by atoms with E-state index in [1.807, 2.05) is 17.4 Å². The third-order valence-corrected chi connectivity index (χ3v) is 10.6. The first kappa shape index (κ1) is 26.3. The average molecular weight is 618 g/mol. The van der Waals surface area contributed by atoms with E-state index in [2.05, 4.69) is 163 Å². The Morgan fingerprint density at radius 2 is 1.06 bits per heavy atom. The Morgan fingerprint density at radius 1 is 0.404 bits per heavy atom. The fourth-order valence-corrected chi connectivity index (χ4v) is 8.43. The van der Waals surface area contributed by atoms with Crippen molar-refractivity contribution in [1.82, 2.24) is 0 Å². The van der Waals surface area contributed by atoms with Crippen molar-refractivity contribution in [3.63, 3.8) is 0 Å². The number of anilines is 3. The summed E-state index contributed by atoms with van der Waals surface area (Å²) in [5, 5.41) is 9.74. The van der Waals surface area contributed by atoms with Crippen LogP contribution >= 0.6 is 11.3 Å². The second-order valence-electron chi connectivity index (χ2n) is 12.1. The van der Waals surface area contributed by atoms with Crippen LogP contribution in [0.2, 0.25) is 0 Å². The van der Waals surface area contributed by atoms with Gasteiger partial charge in [0.1, 0.15) is 11.2 Å². The molecule has 0 unspecified atom stereocenters. The van der Waals surface area contributed by atoms with Crippen LogP contribution < -0.4 is 4.90 Å². The number of hydrogen-bond donors (Lipinski definition) is 0. The van der Waals surface area contributed by atoms with Crippen LogP contribution in [-0.4, -0.2) is 0 Å². The predicted molar refractivity (Wildman–Crippen MR) is 202 cm³/mol. The lowest BCUT2D eigenvalue weighted by atomic mass is 9.97. The summed E-state index contributed by atoms with van der Waals surface area (Å²) in [6.45, 7) is 0. The summed E-state index contributed by atoms with van der Waals surface area (Å²) in [6, 6.07) is 59.1. The SMILES string of the molecule is c1ccc(-c2ccc3c(ccc4cc(N(c5cccc6oc7ccccc7c56)c5cccc6sc7ccccc7c56)ccc43)c2)cc1. The van der Waals surface area contributed by atoms with Gasteiger partial charge in [-0.25, -0.2) is 0 Å². The maximum Gasteiger partial charge on any atom is 0.137 e. The number of thiophene rings is 1. The molecule has 0 aliphatic rings. The van der Waals surface area contributed by atoms with Gasteiger partial charge in [0.25, 0.3) is 0 Å². The van der Waals surface area contributed by atoms with Crippen LogP contribution in [0, 0.1) is 0 Å².